The van der Waals surface area contributed by atoms with Crippen LogP contribution in [0.15, 0.2) is 72.8 Å². The molecule has 0 aliphatic rings. The lowest BCUT2D eigenvalue weighted by Crippen LogP contribution is -2.18. The highest BCUT2D eigenvalue weighted by molar-refractivity contribution is 5.80. The quantitative estimate of drug-likeness (QED) is 0.450. The summed E-state index contributed by atoms with van der Waals surface area (Å²) in [7, 11) is 0. The molecular formula is C24H28N2O2. The first-order chi connectivity index (χ1) is 13.2. The van der Waals surface area contributed by atoms with E-state index in [0.717, 1.165) is 33.9 Å². The van der Waals surface area contributed by atoms with E-state index >= 15 is 0 Å². The summed E-state index contributed by atoms with van der Waals surface area (Å²) < 4.78 is 0. The summed E-state index contributed by atoms with van der Waals surface area (Å²) in [6.07, 6.45) is 0. The fourth-order valence-corrected chi connectivity index (χ4v) is 3.24. The van der Waals surface area contributed by atoms with E-state index in [1.165, 1.54) is 0 Å². The Morgan fingerprint density at radius 3 is 1.11 bits per heavy atom. The number of hydrogen-bond donors (Lipinski definition) is 4. The third-order valence-corrected chi connectivity index (χ3v) is 4.64. The molecular weight excluding hydrogens is 348 g/mol. The van der Waals surface area contributed by atoms with Gasteiger partial charge in [-0.3, -0.25) is 0 Å². The van der Waals surface area contributed by atoms with E-state index in [2.05, 4.69) is 10.6 Å². The van der Waals surface area contributed by atoms with Crippen molar-refractivity contribution in [1.82, 2.24) is 0 Å². The number of nitrogens with one attached hydrogen (secondary N) is 2. The van der Waals surface area contributed by atoms with Gasteiger partial charge in [-0.1, -0.05) is 48.5 Å². The number of benzene rings is 3. The fraction of sp³-hybridized carbons (Fsp3) is 0.250. The van der Waals surface area contributed by atoms with Crippen molar-refractivity contribution in [2.45, 2.75) is 38.9 Å². The van der Waals surface area contributed by atoms with Crippen molar-refractivity contribution in [1.29, 1.82) is 0 Å². The van der Waals surface area contributed by atoms with Crippen LogP contribution in [0.1, 0.15) is 38.8 Å². The average Bonchev–Trinajstić information content (AvgIpc) is 2.62. The van der Waals surface area contributed by atoms with Crippen LogP contribution in [0.5, 0.6) is 0 Å². The summed E-state index contributed by atoms with van der Waals surface area (Å²) in [6.45, 7) is 7.10. The summed E-state index contributed by atoms with van der Waals surface area (Å²) in [4.78, 5) is 0. The Kier molecular flexibility index (Phi) is 5.45. The van der Waals surface area contributed by atoms with Crippen LogP contribution in [-0.2, 0) is 11.2 Å². The van der Waals surface area contributed by atoms with Crippen LogP contribution in [0.3, 0.4) is 0 Å². The molecule has 3 aromatic carbocycles. The Morgan fingerprint density at radius 1 is 0.500 bits per heavy atom. The zero-order valence-electron chi connectivity index (χ0n) is 16.8. The number of hydrogen-bond acceptors (Lipinski definition) is 4. The number of para-hydroxylation sites is 4. The van der Waals surface area contributed by atoms with Crippen molar-refractivity contribution in [2.24, 2.45) is 0 Å². The smallest absolute Gasteiger partial charge is 0.0860 e. The Labute approximate surface area is 166 Å². The second-order valence-corrected chi connectivity index (χ2v) is 8.00. The molecule has 0 amide bonds. The van der Waals surface area contributed by atoms with Crippen LogP contribution >= 0.6 is 0 Å². The van der Waals surface area contributed by atoms with Crippen molar-refractivity contribution in [2.75, 3.05) is 10.6 Å². The SMILES string of the molecule is CC(C)(O)c1ccccc1Nc1ccccc1Nc1ccccc1C(C)(C)O. The normalized spacial score (nSPS) is 11.9. The molecule has 0 radical (unpaired) electrons. The Balaban J connectivity index is 1.97. The van der Waals surface area contributed by atoms with Gasteiger partial charge in [-0.15, -0.1) is 0 Å². The largest absolute Gasteiger partial charge is 0.386 e. The van der Waals surface area contributed by atoms with Crippen LogP contribution < -0.4 is 10.6 Å². The van der Waals surface area contributed by atoms with E-state index < -0.39 is 11.2 Å². The monoisotopic (exact) mass is 376 g/mol. The molecule has 0 aliphatic heterocycles. The van der Waals surface area contributed by atoms with Gasteiger partial charge in [-0.2, -0.15) is 0 Å². The number of rotatable bonds is 6. The van der Waals surface area contributed by atoms with Gasteiger partial charge in [0.15, 0.2) is 0 Å². The van der Waals surface area contributed by atoms with Gasteiger partial charge in [-0.25, -0.2) is 0 Å². The minimum absolute atomic E-state index is 0.821. The van der Waals surface area contributed by atoms with E-state index in [9.17, 15) is 10.2 Å². The minimum Gasteiger partial charge on any atom is -0.386 e. The highest BCUT2D eigenvalue weighted by Gasteiger charge is 2.21. The topological polar surface area (TPSA) is 64.5 Å². The predicted molar refractivity (Wildman–Crippen MR) is 116 cm³/mol. The van der Waals surface area contributed by atoms with Gasteiger partial charge in [0.05, 0.1) is 22.6 Å². The highest BCUT2D eigenvalue weighted by atomic mass is 16.3. The summed E-state index contributed by atoms with van der Waals surface area (Å²) in [6, 6.07) is 23.4. The molecule has 0 aromatic heterocycles. The molecule has 0 spiro atoms. The molecule has 4 N–H and O–H groups in total. The maximum absolute atomic E-state index is 10.5. The van der Waals surface area contributed by atoms with Gasteiger partial charge >= 0.3 is 0 Å². The third kappa shape index (κ3) is 4.53. The molecule has 0 aliphatic carbocycles. The first kappa shape index (κ1) is 19.9. The van der Waals surface area contributed by atoms with Crippen molar-refractivity contribution in [3.8, 4) is 0 Å². The molecule has 146 valence electrons. The first-order valence-corrected chi connectivity index (χ1v) is 9.43. The van der Waals surface area contributed by atoms with E-state index in [-0.39, 0.29) is 0 Å². The lowest BCUT2D eigenvalue weighted by atomic mass is 9.96. The zero-order chi connectivity index (χ0) is 20.4. The van der Waals surface area contributed by atoms with Gasteiger partial charge in [-0.05, 0) is 52.0 Å². The Morgan fingerprint density at radius 2 is 0.786 bits per heavy atom. The molecule has 0 heterocycles. The molecule has 3 rings (SSSR count). The minimum atomic E-state index is -0.959. The molecule has 28 heavy (non-hydrogen) atoms. The maximum atomic E-state index is 10.5. The van der Waals surface area contributed by atoms with Crippen molar-refractivity contribution in [3.05, 3.63) is 83.9 Å². The van der Waals surface area contributed by atoms with E-state index in [0.29, 0.717) is 0 Å². The van der Waals surface area contributed by atoms with E-state index in [1.807, 2.05) is 72.8 Å². The average molecular weight is 377 g/mol. The summed E-state index contributed by atoms with van der Waals surface area (Å²) in [5.41, 5.74) is 3.18. The van der Waals surface area contributed by atoms with Crippen molar-refractivity contribution < 1.29 is 10.2 Å². The maximum Gasteiger partial charge on any atom is 0.0860 e. The molecule has 0 atom stereocenters. The van der Waals surface area contributed by atoms with Crippen LogP contribution in [-0.4, -0.2) is 10.2 Å². The van der Waals surface area contributed by atoms with E-state index in [1.54, 1.807) is 27.7 Å². The standard InChI is InChI=1S/C24H28N2O2/c1-23(2,27)17-11-5-7-13-19(17)25-21-15-9-10-16-22(21)26-20-14-8-6-12-18(20)24(3,4)28/h5-16,25-28H,1-4H3. The lowest BCUT2D eigenvalue weighted by molar-refractivity contribution is 0.0788. The van der Waals surface area contributed by atoms with Gasteiger partial charge in [0, 0.05) is 22.5 Å². The third-order valence-electron chi connectivity index (χ3n) is 4.64. The van der Waals surface area contributed by atoms with Crippen molar-refractivity contribution >= 4 is 22.7 Å². The van der Waals surface area contributed by atoms with Crippen LogP contribution in [0.2, 0.25) is 0 Å². The molecule has 0 unspecified atom stereocenters. The van der Waals surface area contributed by atoms with Gasteiger partial charge in [0.1, 0.15) is 0 Å². The lowest BCUT2D eigenvalue weighted by Gasteiger charge is -2.25. The van der Waals surface area contributed by atoms with Crippen LogP contribution in [0.4, 0.5) is 22.7 Å². The zero-order valence-corrected chi connectivity index (χ0v) is 16.8. The Bertz CT molecular complexity index is 875. The van der Waals surface area contributed by atoms with Crippen LogP contribution in [0.25, 0.3) is 0 Å². The molecule has 0 fully saturated rings. The molecule has 3 aromatic rings. The van der Waals surface area contributed by atoms with Gasteiger partial charge < -0.3 is 20.8 Å². The van der Waals surface area contributed by atoms with Crippen LogP contribution in [0, 0.1) is 0 Å². The number of anilines is 4. The van der Waals surface area contributed by atoms with Gasteiger partial charge in [0.2, 0.25) is 0 Å². The predicted octanol–water partition coefficient (Wildman–Crippen LogP) is 5.63. The molecule has 4 heteroatoms. The summed E-state index contributed by atoms with van der Waals surface area (Å²) in [5.74, 6) is 0. The fourth-order valence-electron chi connectivity index (χ4n) is 3.24. The second-order valence-electron chi connectivity index (χ2n) is 8.00. The molecule has 4 nitrogen and oxygen atoms in total. The number of aliphatic hydroxyl groups is 2. The van der Waals surface area contributed by atoms with Gasteiger partial charge in [0.25, 0.3) is 0 Å². The molecule has 0 bridgehead atoms. The van der Waals surface area contributed by atoms with Crippen molar-refractivity contribution in [3.63, 3.8) is 0 Å². The highest BCUT2D eigenvalue weighted by Crippen LogP contribution is 2.35. The summed E-state index contributed by atoms with van der Waals surface area (Å²) in [5, 5.41) is 27.9. The second kappa shape index (κ2) is 7.66. The molecule has 0 saturated heterocycles. The first-order valence-electron chi connectivity index (χ1n) is 9.43. The molecule has 0 saturated carbocycles. The van der Waals surface area contributed by atoms with E-state index in [4.69, 9.17) is 0 Å². The summed E-state index contributed by atoms with van der Waals surface area (Å²) >= 11 is 0. The Hall–Kier alpha value is -2.82.